The summed E-state index contributed by atoms with van der Waals surface area (Å²) in [6.45, 7) is 6.98. The van der Waals surface area contributed by atoms with E-state index in [1.807, 2.05) is 13.8 Å². The van der Waals surface area contributed by atoms with Crippen molar-refractivity contribution in [3.05, 3.63) is 0 Å². The first kappa shape index (κ1) is 19.8. The van der Waals surface area contributed by atoms with Gasteiger partial charge in [0.15, 0.2) is 0 Å². The minimum absolute atomic E-state index is 0.0565. The van der Waals surface area contributed by atoms with Crippen LogP contribution >= 0.6 is 12.2 Å². The minimum atomic E-state index is -0.797. The van der Waals surface area contributed by atoms with Crippen molar-refractivity contribution in [1.82, 2.24) is 10.4 Å². The van der Waals surface area contributed by atoms with Crippen LogP contribution in [0, 0.1) is 5.41 Å². The second-order valence-corrected chi connectivity index (χ2v) is 7.24. The third kappa shape index (κ3) is 6.40. The predicted octanol–water partition coefficient (Wildman–Crippen LogP) is 0.465. The van der Waals surface area contributed by atoms with Crippen LogP contribution in [0.25, 0.3) is 0 Å². The molecule has 1 heterocycles. The number of nitrogens with zero attached hydrogens (tertiary/aromatic N) is 1. The van der Waals surface area contributed by atoms with Crippen LogP contribution < -0.4 is 16.9 Å². The molecule has 0 aromatic carbocycles. The number of rotatable bonds is 7. The normalized spacial score (nSPS) is 20.0. The highest BCUT2D eigenvalue weighted by atomic mass is 32.1. The molecule has 1 rings (SSSR count). The zero-order chi connectivity index (χ0) is 17.6. The molecule has 1 fully saturated rings. The molecule has 1 amide bonds. The Kier molecular flexibility index (Phi) is 7.37. The molecule has 0 radical (unpaired) electrons. The van der Waals surface area contributed by atoms with Crippen molar-refractivity contribution in [2.45, 2.75) is 58.5 Å². The van der Waals surface area contributed by atoms with E-state index in [-0.39, 0.29) is 28.7 Å². The second kappa shape index (κ2) is 8.56. The molecule has 5 N–H and O–H groups in total. The number of hydrazine groups is 1. The van der Waals surface area contributed by atoms with Crippen LogP contribution in [-0.2, 0) is 14.3 Å². The van der Waals surface area contributed by atoms with Gasteiger partial charge < -0.3 is 16.2 Å². The maximum atomic E-state index is 12.2. The van der Waals surface area contributed by atoms with E-state index in [9.17, 15) is 9.59 Å². The molecular weight excluding hydrogens is 316 g/mol. The summed E-state index contributed by atoms with van der Waals surface area (Å²) in [5, 5.41) is 1.38. The van der Waals surface area contributed by atoms with Gasteiger partial charge in [0, 0.05) is 13.0 Å². The van der Waals surface area contributed by atoms with E-state index in [1.165, 1.54) is 5.01 Å². The van der Waals surface area contributed by atoms with Gasteiger partial charge in [0.1, 0.15) is 6.04 Å². The van der Waals surface area contributed by atoms with E-state index in [4.69, 9.17) is 28.4 Å². The Bertz CT molecular complexity index is 456. The molecule has 0 bridgehead atoms. The van der Waals surface area contributed by atoms with Crippen molar-refractivity contribution in [2.75, 3.05) is 13.2 Å². The molecule has 0 aliphatic carbocycles. The molecule has 8 heteroatoms. The molecule has 0 aromatic rings. The van der Waals surface area contributed by atoms with Gasteiger partial charge in [0.05, 0.1) is 17.6 Å². The molecule has 0 aromatic heterocycles. The van der Waals surface area contributed by atoms with Crippen LogP contribution in [0.1, 0.15) is 46.5 Å². The summed E-state index contributed by atoms with van der Waals surface area (Å²) in [5.74, 6) is -0.656. The van der Waals surface area contributed by atoms with Crippen molar-refractivity contribution in [1.29, 1.82) is 0 Å². The summed E-state index contributed by atoms with van der Waals surface area (Å²) >= 11 is 4.77. The number of hydrogen-bond acceptors (Lipinski definition) is 6. The monoisotopic (exact) mass is 344 g/mol. The maximum Gasteiger partial charge on any atom is 0.324 e. The lowest BCUT2D eigenvalue weighted by Gasteiger charge is -2.34. The number of nitrogens with two attached hydrogens (primary N) is 2. The maximum absolute atomic E-state index is 12.2. The number of esters is 1. The summed E-state index contributed by atoms with van der Waals surface area (Å²) < 4.78 is 5.38. The van der Waals surface area contributed by atoms with Gasteiger partial charge in [0.25, 0.3) is 5.91 Å². The van der Waals surface area contributed by atoms with E-state index in [0.717, 1.165) is 6.42 Å². The van der Waals surface area contributed by atoms with Gasteiger partial charge in [0.2, 0.25) is 0 Å². The van der Waals surface area contributed by atoms with E-state index >= 15 is 0 Å². The van der Waals surface area contributed by atoms with E-state index in [0.29, 0.717) is 26.0 Å². The first-order valence-corrected chi connectivity index (χ1v) is 8.35. The molecule has 1 aliphatic heterocycles. The fraction of sp³-hybridized carbons (Fsp3) is 0.800. The lowest BCUT2D eigenvalue weighted by atomic mass is 9.92. The number of hydrogen-bond donors (Lipinski definition) is 3. The number of ether oxygens (including phenoxy) is 1. The second-order valence-electron chi connectivity index (χ2n) is 6.72. The first-order chi connectivity index (χ1) is 10.7. The quantitative estimate of drug-likeness (QED) is 0.454. The summed E-state index contributed by atoms with van der Waals surface area (Å²) in [7, 11) is 0. The number of carbonyl (C=O) groups is 2. The third-order valence-electron chi connectivity index (χ3n) is 4.04. The molecular formula is C15H28N4O3S. The minimum Gasteiger partial charge on any atom is -0.464 e. The van der Waals surface area contributed by atoms with Gasteiger partial charge in [-0.25, -0.2) is 5.43 Å². The fourth-order valence-corrected chi connectivity index (χ4v) is 2.27. The lowest BCUT2D eigenvalue weighted by molar-refractivity contribution is -0.154. The molecule has 1 aliphatic rings. The first-order valence-electron chi connectivity index (χ1n) is 7.94. The van der Waals surface area contributed by atoms with Gasteiger partial charge in [-0.3, -0.25) is 14.6 Å². The molecule has 132 valence electrons. The molecule has 0 unspecified atom stereocenters. The van der Waals surface area contributed by atoms with Crippen LogP contribution in [-0.4, -0.2) is 47.1 Å². The highest BCUT2D eigenvalue weighted by Crippen LogP contribution is 2.20. The average Bonchev–Trinajstić information content (AvgIpc) is 2.51. The molecule has 2 atom stereocenters. The zero-order valence-corrected chi connectivity index (χ0v) is 14.9. The lowest BCUT2D eigenvalue weighted by Crippen LogP contribution is -2.59. The fourth-order valence-electron chi connectivity index (χ4n) is 2.09. The summed E-state index contributed by atoms with van der Waals surface area (Å²) in [6, 6.07) is -1.33. The number of amides is 1. The summed E-state index contributed by atoms with van der Waals surface area (Å²) in [4.78, 5) is 24.6. The van der Waals surface area contributed by atoms with Crippen molar-refractivity contribution >= 4 is 29.1 Å². The van der Waals surface area contributed by atoms with E-state index < -0.39 is 12.1 Å². The van der Waals surface area contributed by atoms with Crippen molar-refractivity contribution in [3.63, 3.8) is 0 Å². The number of thiocarbonyl (C=S) groups is 1. The van der Waals surface area contributed by atoms with Crippen LogP contribution in [0.5, 0.6) is 0 Å². The van der Waals surface area contributed by atoms with E-state index in [2.05, 4.69) is 12.3 Å². The Hall–Kier alpha value is -1.25. The van der Waals surface area contributed by atoms with Crippen molar-refractivity contribution in [2.24, 2.45) is 16.9 Å². The van der Waals surface area contributed by atoms with Crippen LogP contribution in [0.4, 0.5) is 0 Å². The highest BCUT2D eigenvalue weighted by molar-refractivity contribution is 7.80. The van der Waals surface area contributed by atoms with Crippen molar-refractivity contribution in [3.8, 4) is 0 Å². The van der Waals surface area contributed by atoms with Crippen LogP contribution in [0.3, 0.4) is 0 Å². The number of nitrogens with one attached hydrogen (secondary N) is 1. The van der Waals surface area contributed by atoms with Gasteiger partial charge in [-0.2, -0.15) is 0 Å². The Morgan fingerprint density at radius 1 is 1.48 bits per heavy atom. The Morgan fingerprint density at radius 3 is 2.70 bits per heavy atom. The van der Waals surface area contributed by atoms with Gasteiger partial charge in [-0.15, -0.1) is 0 Å². The third-order valence-corrected chi connectivity index (χ3v) is 4.20. The zero-order valence-electron chi connectivity index (χ0n) is 14.1. The van der Waals surface area contributed by atoms with Gasteiger partial charge in [-0.05, 0) is 24.7 Å². The average molecular weight is 344 g/mol. The SMILES string of the molecule is CCC(C)(C)COC(=O)[C@@H]1CCCN(C(=O)[C@@H](N)CC(N)=S)N1. The molecule has 0 saturated carbocycles. The highest BCUT2D eigenvalue weighted by Gasteiger charge is 2.32. The Labute approximate surface area is 143 Å². The summed E-state index contributed by atoms with van der Waals surface area (Å²) in [6.07, 6.45) is 2.39. The largest absolute Gasteiger partial charge is 0.464 e. The van der Waals surface area contributed by atoms with E-state index in [1.54, 1.807) is 0 Å². The van der Waals surface area contributed by atoms with Gasteiger partial charge in [-0.1, -0.05) is 33.0 Å². The van der Waals surface area contributed by atoms with Crippen molar-refractivity contribution < 1.29 is 14.3 Å². The standard InChI is InChI=1S/C15H28N4O3S/c1-4-15(2,3)9-22-14(21)11-6-5-7-19(18-11)13(20)10(16)8-12(17)23/h10-11,18H,4-9,16H2,1-3H3,(H2,17,23)/t10-,11-/m0/s1. The smallest absolute Gasteiger partial charge is 0.324 e. The molecule has 23 heavy (non-hydrogen) atoms. The summed E-state index contributed by atoms with van der Waals surface area (Å²) in [5.41, 5.74) is 14.1. The van der Waals surface area contributed by atoms with Gasteiger partial charge >= 0.3 is 5.97 Å². The molecule has 7 nitrogen and oxygen atoms in total. The van der Waals surface area contributed by atoms with Crippen LogP contribution in [0.15, 0.2) is 0 Å². The predicted molar refractivity (Wildman–Crippen MR) is 92.3 cm³/mol. The van der Waals surface area contributed by atoms with Crippen LogP contribution in [0.2, 0.25) is 0 Å². The number of carbonyl (C=O) groups excluding carboxylic acids is 2. The Balaban J connectivity index is 2.55. The topological polar surface area (TPSA) is 111 Å². The Morgan fingerprint density at radius 2 is 2.13 bits per heavy atom. The molecule has 0 spiro atoms. The molecule has 1 saturated heterocycles.